The third kappa shape index (κ3) is 6.61. The fraction of sp³-hybridized carbons (Fsp3) is 0.444. The Kier molecular flexibility index (Phi) is 8.54. The van der Waals surface area contributed by atoms with Crippen LogP contribution in [0.1, 0.15) is 34.1 Å². The van der Waals surface area contributed by atoms with Gasteiger partial charge in [0.25, 0.3) is 0 Å². The Morgan fingerprint density at radius 2 is 2.05 bits per heavy atom. The van der Waals surface area contributed by atoms with Gasteiger partial charge >= 0.3 is 5.97 Å². The predicted molar refractivity (Wildman–Crippen MR) is 145 cm³/mol. The average Bonchev–Trinajstić information content (AvgIpc) is 2.88. The number of halogens is 2. The third-order valence-electron chi connectivity index (χ3n) is 6.02. The summed E-state index contributed by atoms with van der Waals surface area (Å²) in [6, 6.07) is 7.50. The molecule has 1 fully saturated rings. The number of benzene rings is 2. The van der Waals surface area contributed by atoms with Crippen LogP contribution in [0.5, 0.6) is 11.5 Å². The van der Waals surface area contributed by atoms with Crippen molar-refractivity contribution in [2.75, 3.05) is 32.1 Å². The molecule has 0 bridgehead atoms. The Bertz CT molecular complexity index is 1300. The zero-order valence-corrected chi connectivity index (χ0v) is 22.9. The smallest absolute Gasteiger partial charge is 0.324 e. The summed E-state index contributed by atoms with van der Waals surface area (Å²) in [7, 11) is 1.57. The highest BCUT2D eigenvalue weighted by Gasteiger charge is 2.33. The van der Waals surface area contributed by atoms with E-state index < -0.39 is 17.5 Å². The van der Waals surface area contributed by atoms with E-state index in [9.17, 15) is 9.18 Å². The molecule has 1 aromatic heterocycles. The second-order valence-electron chi connectivity index (χ2n) is 10.0. The van der Waals surface area contributed by atoms with Crippen LogP contribution < -0.4 is 20.1 Å². The molecular weight excluding hydrogens is 513 g/mol. The lowest BCUT2D eigenvalue weighted by atomic mass is 10.1. The van der Waals surface area contributed by atoms with E-state index in [1.54, 1.807) is 19.2 Å². The van der Waals surface area contributed by atoms with Crippen molar-refractivity contribution in [3.8, 4) is 11.5 Å². The van der Waals surface area contributed by atoms with Crippen LogP contribution >= 0.6 is 11.6 Å². The summed E-state index contributed by atoms with van der Waals surface area (Å²) >= 11 is 5.95. The van der Waals surface area contributed by atoms with Crippen LogP contribution in [0, 0.1) is 5.82 Å². The lowest BCUT2D eigenvalue weighted by Crippen LogP contribution is -2.58. The normalized spacial score (nSPS) is 17.2. The molecule has 0 saturated carbocycles. The summed E-state index contributed by atoms with van der Waals surface area (Å²) in [6.07, 6.45) is 1.79. The quantitative estimate of drug-likeness (QED) is 0.383. The molecule has 0 aliphatic carbocycles. The third-order valence-corrected chi connectivity index (χ3v) is 6.31. The van der Waals surface area contributed by atoms with E-state index in [0.717, 1.165) is 0 Å². The minimum absolute atomic E-state index is 0.00514. The van der Waals surface area contributed by atoms with Crippen molar-refractivity contribution in [1.82, 2.24) is 20.2 Å². The molecular formula is C27H33ClFN5O4. The van der Waals surface area contributed by atoms with Crippen molar-refractivity contribution < 1.29 is 23.4 Å². The maximum absolute atomic E-state index is 13.6. The molecule has 0 spiro atoms. The molecule has 38 heavy (non-hydrogen) atoms. The molecule has 204 valence electrons. The highest BCUT2D eigenvalue weighted by Crippen LogP contribution is 2.36. The number of piperazine rings is 1. The summed E-state index contributed by atoms with van der Waals surface area (Å²) in [5, 5.41) is 7.11. The number of hydrogen-bond acceptors (Lipinski definition) is 9. The van der Waals surface area contributed by atoms with E-state index in [2.05, 4.69) is 25.5 Å². The van der Waals surface area contributed by atoms with Gasteiger partial charge in [-0.25, -0.2) is 14.4 Å². The molecule has 1 saturated heterocycles. The molecule has 3 aromatic rings. The summed E-state index contributed by atoms with van der Waals surface area (Å²) in [6.45, 7) is 9.37. The molecule has 9 nitrogen and oxygen atoms in total. The van der Waals surface area contributed by atoms with Gasteiger partial charge in [0.2, 0.25) is 0 Å². The van der Waals surface area contributed by atoms with Gasteiger partial charge in [0.05, 0.1) is 17.6 Å². The SMILES string of the molecule is CCC(Oc1cc2c(Nc3ccc(F)c(Cl)c3)ncnc2cc1OC)N1CCNC(C(=O)OC(C)(C)C)C1. The second kappa shape index (κ2) is 11.7. The number of aromatic nitrogens is 2. The van der Waals surface area contributed by atoms with Crippen molar-refractivity contribution in [2.45, 2.75) is 52.0 Å². The Morgan fingerprint density at radius 3 is 2.74 bits per heavy atom. The van der Waals surface area contributed by atoms with Gasteiger partial charge in [0, 0.05) is 36.8 Å². The highest BCUT2D eigenvalue weighted by atomic mass is 35.5. The number of nitrogens with zero attached hydrogens (tertiary/aromatic N) is 3. The Balaban J connectivity index is 1.59. The van der Waals surface area contributed by atoms with E-state index in [4.69, 9.17) is 25.8 Å². The van der Waals surface area contributed by atoms with Crippen LogP contribution in [0.2, 0.25) is 5.02 Å². The molecule has 2 heterocycles. The molecule has 2 aromatic carbocycles. The van der Waals surface area contributed by atoms with Gasteiger partial charge in [-0.1, -0.05) is 18.5 Å². The van der Waals surface area contributed by atoms with Crippen LogP contribution in [0.15, 0.2) is 36.7 Å². The predicted octanol–water partition coefficient (Wildman–Crippen LogP) is 4.90. The fourth-order valence-corrected chi connectivity index (χ4v) is 4.43. The number of carbonyl (C=O) groups is 1. The molecule has 1 aliphatic rings. The number of methoxy groups -OCH3 is 1. The topological polar surface area (TPSA) is 97.8 Å². The van der Waals surface area contributed by atoms with E-state index in [1.807, 2.05) is 33.8 Å². The van der Waals surface area contributed by atoms with Crippen molar-refractivity contribution in [2.24, 2.45) is 0 Å². The summed E-state index contributed by atoms with van der Waals surface area (Å²) in [5.74, 6) is 0.746. The average molecular weight is 546 g/mol. The van der Waals surface area contributed by atoms with Crippen LogP contribution in [-0.2, 0) is 9.53 Å². The first kappa shape index (κ1) is 27.8. The van der Waals surface area contributed by atoms with E-state index in [-0.39, 0.29) is 17.2 Å². The minimum Gasteiger partial charge on any atom is -0.493 e. The van der Waals surface area contributed by atoms with Gasteiger partial charge < -0.3 is 24.8 Å². The van der Waals surface area contributed by atoms with E-state index in [1.165, 1.54) is 18.5 Å². The monoisotopic (exact) mass is 545 g/mol. The second-order valence-corrected chi connectivity index (χ2v) is 10.4. The van der Waals surface area contributed by atoms with E-state index >= 15 is 0 Å². The Labute approximate surface area is 226 Å². The number of carbonyl (C=O) groups excluding carboxylic acids is 1. The molecule has 0 amide bonds. The van der Waals surface area contributed by atoms with E-state index in [0.29, 0.717) is 60.0 Å². The van der Waals surface area contributed by atoms with Gasteiger partial charge in [-0.05, 0) is 51.5 Å². The Morgan fingerprint density at radius 1 is 1.26 bits per heavy atom. The summed E-state index contributed by atoms with van der Waals surface area (Å²) in [5.41, 5.74) is 0.656. The minimum atomic E-state index is -0.562. The lowest BCUT2D eigenvalue weighted by Gasteiger charge is -2.38. The number of ether oxygens (including phenoxy) is 3. The molecule has 0 radical (unpaired) electrons. The van der Waals surface area contributed by atoms with Gasteiger partial charge in [-0.15, -0.1) is 0 Å². The molecule has 2 unspecified atom stereocenters. The maximum atomic E-state index is 13.6. The zero-order valence-electron chi connectivity index (χ0n) is 22.2. The molecule has 2 atom stereocenters. The van der Waals surface area contributed by atoms with Crippen LogP contribution in [0.3, 0.4) is 0 Å². The standard InChI is InChI=1S/C27H33ClFN5O4/c1-6-24(34-10-9-30-21(14-34)26(35)38-27(2,3)4)37-23-12-17-20(13-22(23)36-5)31-15-32-25(17)33-16-7-8-19(29)18(28)11-16/h7-8,11-13,15,21,24,30H,6,9-10,14H2,1-5H3,(H,31,32,33). The number of anilines is 2. The van der Waals surface area contributed by atoms with Crippen molar-refractivity contribution in [3.63, 3.8) is 0 Å². The van der Waals surface area contributed by atoms with Crippen molar-refractivity contribution in [3.05, 3.63) is 47.5 Å². The van der Waals surface area contributed by atoms with Crippen LogP contribution in [-0.4, -0.2) is 65.5 Å². The van der Waals surface area contributed by atoms with Gasteiger partial charge in [0.1, 0.15) is 29.6 Å². The van der Waals surface area contributed by atoms with Crippen molar-refractivity contribution >= 4 is 40.0 Å². The molecule has 4 rings (SSSR count). The fourth-order valence-electron chi connectivity index (χ4n) is 4.25. The first-order chi connectivity index (χ1) is 18.1. The van der Waals surface area contributed by atoms with Crippen molar-refractivity contribution in [1.29, 1.82) is 0 Å². The summed E-state index contributed by atoms with van der Waals surface area (Å²) < 4.78 is 31.3. The first-order valence-corrected chi connectivity index (χ1v) is 12.9. The highest BCUT2D eigenvalue weighted by molar-refractivity contribution is 6.31. The zero-order chi connectivity index (χ0) is 27.4. The van der Waals surface area contributed by atoms with Gasteiger partial charge in [-0.2, -0.15) is 0 Å². The van der Waals surface area contributed by atoms with Crippen LogP contribution in [0.25, 0.3) is 10.9 Å². The Hall–Kier alpha value is -3.21. The number of nitrogens with one attached hydrogen (secondary N) is 2. The summed E-state index contributed by atoms with van der Waals surface area (Å²) in [4.78, 5) is 23.5. The van der Waals surface area contributed by atoms with Crippen LogP contribution in [0.4, 0.5) is 15.9 Å². The molecule has 1 aliphatic heterocycles. The number of esters is 1. The molecule has 2 N–H and O–H groups in total. The number of rotatable bonds is 8. The number of hydrogen-bond donors (Lipinski definition) is 2. The largest absolute Gasteiger partial charge is 0.493 e. The number of fused-ring (bicyclic) bond motifs is 1. The maximum Gasteiger partial charge on any atom is 0.324 e. The lowest BCUT2D eigenvalue weighted by molar-refractivity contribution is -0.159. The molecule has 11 heteroatoms. The van der Waals surface area contributed by atoms with Gasteiger partial charge in [-0.3, -0.25) is 9.69 Å². The van der Waals surface area contributed by atoms with Gasteiger partial charge in [0.15, 0.2) is 17.7 Å². The first-order valence-electron chi connectivity index (χ1n) is 12.5.